The van der Waals surface area contributed by atoms with Gasteiger partial charge >= 0.3 is 0 Å². The van der Waals surface area contributed by atoms with Crippen molar-refractivity contribution in [3.8, 4) is 5.75 Å². The Hall–Kier alpha value is -3.01. The molecular weight excluding hydrogens is 578 g/mol. The molecule has 10 heteroatoms. The van der Waals surface area contributed by atoms with Crippen molar-refractivity contribution in [1.29, 1.82) is 0 Å². The molecule has 3 aromatic rings. The molecule has 0 bridgehead atoms. The number of amidine groups is 1. The van der Waals surface area contributed by atoms with E-state index in [1.807, 2.05) is 17.0 Å². The fourth-order valence-corrected chi connectivity index (χ4v) is 9.91. The zero-order chi connectivity index (χ0) is 28.4. The van der Waals surface area contributed by atoms with Gasteiger partial charge in [-0.2, -0.15) is 4.99 Å². The second kappa shape index (κ2) is 12.1. The van der Waals surface area contributed by atoms with Crippen LogP contribution in [0.25, 0.3) is 0 Å². The normalized spacial score (nSPS) is 23.1. The highest BCUT2D eigenvalue weighted by Gasteiger charge is 2.49. The Morgan fingerprint density at radius 2 is 1.61 bits per heavy atom. The van der Waals surface area contributed by atoms with Gasteiger partial charge in [0, 0.05) is 34.7 Å². The van der Waals surface area contributed by atoms with Crippen LogP contribution in [0.4, 0.5) is 11.4 Å². The quantitative estimate of drug-likeness (QED) is 0.351. The molecule has 0 aliphatic carbocycles. The minimum Gasteiger partial charge on any atom is -0.484 e. The third-order valence-electron chi connectivity index (χ3n) is 7.94. The van der Waals surface area contributed by atoms with E-state index in [1.165, 1.54) is 17.3 Å². The number of fused-ring (bicyclic) bond motifs is 1. The van der Waals surface area contributed by atoms with Crippen molar-refractivity contribution < 1.29 is 17.9 Å². The lowest BCUT2D eigenvalue weighted by Crippen LogP contribution is -2.38. The number of carbonyl (C=O) groups excluding carboxylic acids is 1. The maximum atomic E-state index is 12.8. The minimum atomic E-state index is -3.15. The molecule has 3 aliphatic heterocycles. The summed E-state index contributed by atoms with van der Waals surface area (Å²) in [6, 6.07) is 25.4. The summed E-state index contributed by atoms with van der Waals surface area (Å²) in [6.45, 7) is 1.80. The first-order chi connectivity index (χ1) is 19.8. The van der Waals surface area contributed by atoms with Gasteiger partial charge in [0.15, 0.2) is 21.6 Å². The first-order valence-electron chi connectivity index (χ1n) is 13.9. The smallest absolute Gasteiger partial charge is 0.285 e. The number of hydrogen-bond acceptors (Lipinski definition) is 6. The minimum absolute atomic E-state index is 0.0514. The van der Waals surface area contributed by atoms with Crippen LogP contribution in [0, 0.1) is 5.92 Å². The fraction of sp³-hybridized carbons (Fsp3) is 0.355. The monoisotopic (exact) mass is 609 g/mol. The van der Waals surface area contributed by atoms with E-state index in [1.54, 1.807) is 24.3 Å². The molecule has 1 amide bonds. The third kappa shape index (κ3) is 6.74. The van der Waals surface area contributed by atoms with E-state index in [-0.39, 0.29) is 29.4 Å². The first-order valence-corrected chi connectivity index (χ1v) is 17.0. The standard InChI is InChI=1S/C31H32ClN3O4S2/c32-24-6-12-27(13-7-24)39-19-30(36)33-31-35(28-20-41(37,38)21-29(28)40-31)26-10-8-25(9-11-26)34-16-14-23(15-17-34)18-22-4-2-1-3-5-22/h1-13,23,28-29H,14-21H2/t28-,29-/m0/s1. The second-order valence-electron chi connectivity index (χ2n) is 10.8. The molecule has 0 saturated carbocycles. The van der Waals surface area contributed by atoms with Crippen LogP contribution >= 0.6 is 23.4 Å². The van der Waals surface area contributed by atoms with Gasteiger partial charge in [-0.15, -0.1) is 0 Å². The summed E-state index contributed by atoms with van der Waals surface area (Å²) in [6.07, 6.45) is 3.42. The Labute approximate surface area is 250 Å². The molecule has 3 aliphatic rings. The Balaban J connectivity index is 1.13. The molecule has 2 atom stereocenters. The van der Waals surface area contributed by atoms with Crippen LogP contribution < -0.4 is 14.5 Å². The summed E-state index contributed by atoms with van der Waals surface area (Å²) in [5.41, 5.74) is 3.40. The average molecular weight is 610 g/mol. The van der Waals surface area contributed by atoms with Gasteiger partial charge < -0.3 is 14.5 Å². The highest BCUT2D eigenvalue weighted by molar-refractivity contribution is 8.16. The molecular formula is C31H32ClN3O4S2. The highest BCUT2D eigenvalue weighted by atomic mass is 35.5. The molecule has 0 radical (unpaired) electrons. The van der Waals surface area contributed by atoms with E-state index in [0.717, 1.165) is 43.7 Å². The number of halogens is 1. The Kier molecular flexibility index (Phi) is 8.28. The van der Waals surface area contributed by atoms with E-state index in [4.69, 9.17) is 16.3 Å². The zero-order valence-corrected chi connectivity index (χ0v) is 25.0. The number of aliphatic imine (C=N–C) groups is 1. The predicted octanol–water partition coefficient (Wildman–Crippen LogP) is 5.48. The Morgan fingerprint density at radius 3 is 2.32 bits per heavy atom. The number of carbonyl (C=O) groups is 1. The average Bonchev–Trinajstić information content (AvgIpc) is 3.44. The lowest BCUT2D eigenvalue weighted by atomic mass is 9.90. The van der Waals surface area contributed by atoms with Gasteiger partial charge in [0.2, 0.25) is 0 Å². The largest absolute Gasteiger partial charge is 0.484 e. The zero-order valence-electron chi connectivity index (χ0n) is 22.6. The summed E-state index contributed by atoms with van der Waals surface area (Å²) >= 11 is 7.28. The molecule has 3 aromatic carbocycles. The van der Waals surface area contributed by atoms with Crippen LogP contribution in [-0.2, 0) is 21.1 Å². The molecule has 0 aromatic heterocycles. The lowest BCUT2D eigenvalue weighted by molar-refractivity contribution is -0.119. The number of thioether (sulfide) groups is 1. The van der Waals surface area contributed by atoms with E-state index in [9.17, 15) is 13.2 Å². The first kappa shape index (κ1) is 28.1. The topological polar surface area (TPSA) is 79.3 Å². The van der Waals surface area contributed by atoms with Crippen LogP contribution in [0.5, 0.6) is 5.75 Å². The molecule has 0 unspecified atom stereocenters. The van der Waals surface area contributed by atoms with Crippen molar-refractivity contribution in [3.05, 3.63) is 89.4 Å². The van der Waals surface area contributed by atoms with E-state index < -0.39 is 15.7 Å². The molecule has 3 heterocycles. The van der Waals surface area contributed by atoms with Gasteiger partial charge in [0.25, 0.3) is 5.91 Å². The maximum Gasteiger partial charge on any atom is 0.285 e. The van der Waals surface area contributed by atoms with E-state index in [2.05, 4.69) is 52.4 Å². The summed E-state index contributed by atoms with van der Waals surface area (Å²) < 4.78 is 30.5. The predicted molar refractivity (Wildman–Crippen MR) is 167 cm³/mol. The summed E-state index contributed by atoms with van der Waals surface area (Å²) in [7, 11) is -3.15. The van der Waals surface area contributed by atoms with Gasteiger partial charge in [0.05, 0.1) is 17.5 Å². The third-order valence-corrected chi connectivity index (χ3v) is 11.4. The van der Waals surface area contributed by atoms with Gasteiger partial charge in [0.1, 0.15) is 5.75 Å². The number of piperidine rings is 1. The Morgan fingerprint density at radius 1 is 0.927 bits per heavy atom. The number of hydrogen-bond donors (Lipinski definition) is 0. The van der Waals surface area contributed by atoms with Crippen LogP contribution in [0.2, 0.25) is 5.02 Å². The van der Waals surface area contributed by atoms with Gasteiger partial charge in [-0.3, -0.25) is 4.79 Å². The number of rotatable bonds is 7. The van der Waals surface area contributed by atoms with Gasteiger partial charge in [-0.25, -0.2) is 8.42 Å². The molecule has 0 N–H and O–H groups in total. The van der Waals surface area contributed by atoms with Gasteiger partial charge in [-0.05, 0) is 79.3 Å². The number of nitrogens with zero attached hydrogens (tertiary/aromatic N) is 3. The van der Waals surface area contributed by atoms with Crippen LogP contribution in [0.3, 0.4) is 0 Å². The molecule has 214 valence electrons. The van der Waals surface area contributed by atoms with Crippen molar-refractivity contribution in [2.75, 3.05) is 41.0 Å². The second-order valence-corrected chi connectivity index (χ2v) is 14.6. The molecule has 7 nitrogen and oxygen atoms in total. The number of amides is 1. The fourth-order valence-electron chi connectivity index (χ4n) is 5.85. The lowest BCUT2D eigenvalue weighted by Gasteiger charge is -2.34. The number of anilines is 2. The molecule has 3 fully saturated rings. The van der Waals surface area contributed by atoms with Crippen molar-refractivity contribution in [3.63, 3.8) is 0 Å². The summed E-state index contributed by atoms with van der Waals surface area (Å²) in [5, 5.41) is 0.947. The summed E-state index contributed by atoms with van der Waals surface area (Å²) in [5.74, 6) is 0.932. The molecule has 6 rings (SSSR count). The van der Waals surface area contributed by atoms with E-state index >= 15 is 0 Å². The SMILES string of the molecule is O=C(COc1ccc(Cl)cc1)N=C1S[C@H]2CS(=O)(=O)C[C@@H]2N1c1ccc(N2CCC(Cc3ccccc3)CC2)cc1. The van der Waals surface area contributed by atoms with Gasteiger partial charge in [-0.1, -0.05) is 53.7 Å². The van der Waals surface area contributed by atoms with Crippen molar-refractivity contribution >= 4 is 55.6 Å². The molecule has 41 heavy (non-hydrogen) atoms. The van der Waals surface area contributed by atoms with E-state index in [0.29, 0.717) is 21.9 Å². The van der Waals surface area contributed by atoms with Crippen molar-refractivity contribution in [1.82, 2.24) is 0 Å². The molecule has 0 spiro atoms. The number of ether oxygens (including phenoxy) is 1. The Bertz CT molecular complexity index is 1510. The summed E-state index contributed by atoms with van der Waals surface area (Å²) in [4.78, 5) is 21.5. The highest BCUT2D eigenvalue weighted by Crippen LogP contribution is 2.41. The van der Waals surface area contributed by atoms with Crippen LogP contribution in [0.1, 0.15) is 18.4 Å². The number of benzene rings is 3. The van der Waals surface area contributed by atoms with Crippen molar-refractivity contribution in [2.24, 2.45) is 10.9 Å². The van der Waals surface area contributed by atoms with Crippen LogP contribution in [-0.4, -0.2) is 62.0 Å². The number of sulfone groups is 1. The molecule has 3 saturated heterocycles. The maximum absolute atomic E-state index is 12.8. The van der Waals surface area contributed by atoms with Crippen LogP contribution in [0.15, 0.2) is 83.9 Å². The van der Waals surface area contributed by atoms with Crippen molar-refractivity contribution in [2.45, 2.75) is 30.6 Å².